The van der Waals surface area contributed by atoms with Crippen molar-refractivity contribution in [1.29, 1.82) is 0 Å². The molecule has 1 heterocycles. The molecule has 0 spiro atoms. The molecule has 2 N–H and O–H groups in total. The van der Waals surface area contributed by atoms with Crippen molar-refractivity contribution in [1.82, 2.24) is 14.9 Å². The van der Waals surface area contributed by atoms with Crippen molar-refractivity contribution in [2.45, 2.75) is 71.3 Å². The van der Waals surface area contributed by atoms with E-state index in [2.05, 4.69) is 40.7 Å². The first kappa shape index (κ1) is 24.5. The number of fused-ring (bicyclic) bond motifs is 1. The van der Waals surface area contributed by atoms with Crippen LogP contribution in [0, 0.1) is 11.3 Å². The molecule has 0 aliphatic heterocycles. The van der Waals surface area contributed by atoms with E-state index in [1.165, 1.54) is 24.3 Å². The lowest BCUT2D eigenvalue weighted by molar-refractivity contribution is -0.274. The second-order valence-corrected chi connectivity index (χ2v) is 11.0. The Morgan fingerprint density at radius 2 is 1.83 bits per heavy atom. The molecule has 3 aromatic rings. The Balaban J connectivity index is 1.51. The average Bonchev–Trinajstić information content (AvgIpc) is 3.50. The maximum atomic E-state index is 12.8. The molecule has 2 fully saturated rings. The lowest BCUT2D eigenvalue weighted by Gasteiger charge is -2.40. The number of rotatable bonds is 6. The number of hydrogen-bond donors (Lipinski definition) is 2. The molecule has 36 heavy (non-hydrogen) atoms. The van der Waals surface area contributed by atoms with Gasteiger partial charge in [-0.05, 0) is 85.9 Å². The zero-order chi connectivity index (χ0) is 25.7. The van der Waals surface area contributed by atoms with E-state index < -0.39 is 6.36 Å². The number of halogens is 3. The summed E-state index contributed by atoms with van der Waals surface area (Å²) >= 11 is 0. The number of ether oxygens (including phenoxy) is 1. The molecule has 1 amide bonds. The van der Waals surface area contributed by atoms with Crippen molar-refractivity contribution in [3.8, 4) is 5.75 Å². The van der Waals surface area contributed by atoms with E-state index >= 15 is 0 Å². The van der Waals surface area contributed by atoms with Crippen LogP contribution in [0.4, 0.5) is 24.8 Å². The smallest absolute Gasteiger partial charge is 0.406 e. The lowest BCUT2D eigenvalue weighted by Crippen LogP contribution is -2.30. The molecule has 5 rings (SSSR count). The van der Waals surface area contributed by atoms with Crippen molar-refractivity contribution in [2.24, 2.45) is 11.3 Å². The Labute approximate surface area is 208 Å². The monoisotopic (exact) mass is 500 g/mol. The molecule has 2 saturated carbocycles. The number of benzene rings is 2. The zero-order valence-electron chi connectivity index (χ0n) is 20.7. The summed E-state index contributed by atoms with van der Waals surface area (Å²) in [6.45, 7) is 6.81. The van der Waals surface area contributed by atoms with Crippen molar-refractivity contribution in [2.75, 3.05) is 5.32 Å². The number of hydrogen-bond acceptors (Lipinski definition) is 4. The molecule has 2 aliphatic rings. The molecular weight excluding hydrogens is 469 g/mol. The summed E-state index contributed by atoms with van der Waals surface area (Å²) in [5.74, 6) is 0.753. The van der Waals surface area contributed by atoms with Crippen molar-refractivity contribution < 1.29 is 22.7 Å². The van der Waals surface area contributed by atoms with Gasteiger partial charge in [0.2, 0.25) is 5.95 Å². The van der Waals surface area contributed by atoms with Crippen molar-refractivity contribution >= 4 is 28.6 Å². The van der Waals surface area contributed by atoms with Crippen LogP contribution in [0.25, 0.3) is 11.0 Å². The topological polar surface area (TPSA) is 68.2 Å². The van der Waals surface area contributed by atoms with Crippen LogP contribution in [0.15, 0.2) is 42.5 Å². The predicted octanol–water partition coefficient (Wildman–Crippen LogP) is 6.96. The largest absolute Gasteiger partial charge is 0.573 e. The standard InChI is InChI=1S/C27H31F3N4O2/c1-16-12-20(15-26(2,3)14-16)34-23-13-17(24(35)31-18-5-6-18)4-11-22(23)33-25(34)32-19-7-9-21(10-8-19)36-27(28,29)30/h4,7-11,13,16,18,20H,5-6,12,14-15H2,1-3H3,(H,31,35)(H,32,33)/t16-,20?/m0/s1. The minimum atomic E-state index is -4.74. The number of imidazole rings is 1. The highest BCUT2D eigenvalue weighted by Crippen LogP contribution is 2.46. The maximum Gasteiger partial charge on any atom is 0.573 e. The van der Waals surface area contributed by atoms with Gasteiger partial charge < -0.3 is 19.9 Å². The summed E-state index contributed by atoms with van der Waals surface area (Å²) in [6, 6.07) is 11.6. The van der Waals surface area contributed by atoms with E-state index in [1.54, 1.807) is 6.07 Å². The van der Waals surface area contributed by atoms with E-state index in [4.69, 9.17) is 4.98 Å². The van der Waals surface area contributed by atoms with Crippen LogP contribution in [0.1, 0.15) is 69.3 Å². The van der Waals surface area contributed by atoms with Gasteiger partial charge >= 0.3 is 6.36 Å². The Morgan fingerprint density at radius 3 is 2.47 bits per heavy atom. The summed E-state index contributed by atoms with van der Waals surface area (Å²) in [5, 5.41) is 6.34. The van der Waals surface area contributed by atoms with Crippen LogP contribution in [-0.4, -0.2) is 27.9 Å². The quantitative estimate of drug-likeness (QED) is 0.384. The summed E-state index contributed by atoms with van der Waals surface area (Å²) in [6.07, 6.45) is 0.351. The fourth-order valence-electron chi connectivity index (χ4n) is 5.55. The van der Waals surface area contributed by atoms with Gasteiger partial charge in [-0.2, -0.15) is 0 Å². The first-order valence-electron chi connectivity index (χ1n) is 12.4. The Morgan fingerprint density at radius 1 is 1.11 bits per heavy atom. The summed E-state index contributed by atoms with van der Waals surface area (Å²) in [4.78, 5) is 17.6. The van der Waals surface area contributed by atoms with Gasteiger partial charge in [-0.25, -0.2) is 4.98 Å². The zero-order valence-corrected chi connectivity index (χ0v) is 20.7. The van der Waals surface area contributed by atoms with E-state index in [0.717, 1.165) is 43.1 Å². The minimum absolute atomic E-state index is 0.0840. The number of nitrogens with one attached hydrogen (secondary N) is 2. The first-order valence-corrected chi connectivity index (χ1v) is 12.4. The van der Waals surface area contributed by atoms with E-state index in [9.17, 15) is 18.0 Å². The Hall–Kier alpha value is -3.23. The number of carbonyl (C=O) groups is 1. The van der Waals surface area contributed by atoms with Crippen LogP contribution in [0.2, 0.25) is 0 Å². The number of carbonyl (C=O) groups excluding carboxylic acids is 1. The van der Waals surface area contributed by atoms with Gasteiger partial charge in [0.25, 0.3) is 5.91 Å². The number of anilines is 2. The van der Waals surface area contributed by atoms with Crippen LogP contribution in [0.5, 0.6) is 5.75 Å². The average molecular weight is 501 g/mol. The molecule has 1 aromatic heterocycles. The molecule has 6 nitrogen and oxygen atoms in total. The van der Waals surface area contributed by atoms with E-state index in [0.29, 0.717) is 23.1 Å². The van der Waals surface area contributed by atoms with Gasteiger partial charge in [-0.3, -0.25) is 4.79 Å². The molecule has 1 unspecified atom stereocenters. The van der Waals surface area contributed by atoms with E-state index in [-0.39, 0.29) is 29.2 Å². The van der Waals surface area contributed by atoms with Crippen LogP contribution < -0.4 is 15.4 Å². The lowest BCUT2D eigenvalue weighted by atomic mass is 9.70. The second-order valence-electron chi connectivity index (χ2n) is 11.0. The second kappa shape index (κ2) is 9.01. The summed E-state index contributed by atoms with van der Waals surface area (Å²) < 4.78 is 43.8. The van der Waals surface area contributed by atoms with Crippen LogP contribution in [0.3, 0.4) is 0 Å². The highest BCUT2D eigenvalue weighted by atomic mass is 19.4. The molecule has 0 saturated heterocycles. The van der Waals surface area contributed by atoms with Crippen LogP contribution in [-0.2, 0) is 0 Å². The fourth-order valence-corrected chi connectivity index (χ4v) is 5.55. The first-order chi connectivity index (χ1) is 17.0. The SMILES string of the molecule is C[C@H]1CC(n2c(Nc3ccc(OC(F)(F)F)cc3)nc3ccc(C(=O)NC4CC4)cc32)CC(C)(C)C1. The third kappa shape index (κ3) is 5.60. The van der Waals surface area contributed by atoms with Crippen molar-refractivity contribution in [3.63, 3.8) is 0 Å². The molecule has 0 bridgehead atoms. The predicted molar refractivity (Wildman–Crippen MR) is 132 cm³/mol. The normalized spacial score (nSPS) is 21.8. The van der Waals surface area contributed by atoms with Gasteiger partial charge in [0.15, 0.2) is 0 Å². The molecular formula is C27H31F3N4O2. The molecule has 0 radical (unpaired) electrons. The number of aromatic nitrogens is 2. The van der Waals surface area contributed by atoms with Gasteiger partial charge in [0.1, 0.15) is 5.75 Å². The number of nitrogens with zero attached hydrogens (tertiary/aromatic N) is 2. The van der Waals surface area contributed by atoms with Gasteiger partial charge in [-0.15, -0.1) is 13.2 Å². The third-order valence-corrected chi connectivity index (χ3v) is 6.94. The van der Waals surface area contributed by atoms with Gasteiger partial charge in [-0.1, -0.05) is 20.8 Å². The fraction of sp³-hybridized carbons (Fsp3) is 0.481. The third-order valence-electron chi connectivity index (χ3n) is 6.94. The maximum absolute atomic E-state index is 12.8. The Kier molecular flexibility index (Phi) is 6.12. The summed E-state index contributed by atoms with van der Waals surface area (Å²) in [7, 11) is 0. The molecule has 9 heteroatoms. The molecule has 192 valence electrons. The van der Waals surface area contributed by atoms with Crippen LogP contribution >= 0.6 is 0 Å². The number of amides is 1. The summed E-state index contributed by atoms with van der Waals surface area (Å²) in [5.41, 5.74) is 2.96. The molecule has 2 atom stereocenters. The Bertz CT molecular complexity index is 1260. The van der Waals surface area contributed by atoms with Crippen molar-refractivity contribution in [3.05, 3.63) is 48.0 Å². The highest BCUT2D eigenvalue weighted by molar-refractivity contribution is 5.98. The van der Waals surface area contributed by atoms with Gasteiger partial charge in [0.05, 0.1) is 11.0 Å². The van der Waals surface area contributed by atoms with E-state index in [1.807, 2.05) is 12.1 Å². The number of alkyl halides is 3. The minimum Gasteiger partial charge on any atom is -0.406 e. The van der Waals surface area contributed by atoms with Gasteiger partial charge in [0, 0.05) is 23.3 Å². The molecule has 2 aliphatic carbocycles. The molecule has 2 aromatic carbocycles. The highest BCUT2D eigenvalue weighted by Gasteiger charge is 2.35.